The van der Waals surface area contributed by atoms with Crippen molar-refractivity contribution in [3.05, 3.63) is 77.1 Å². The number of imidazole rings is 1. The zero-order valence-electron chi connectivity index (χ0n) is 28.5. The molecular formula is C39H48N4O4S2. The Balaban J connectivity index is 1.34. The summed E-state index contributed by atoms with van der Waals surface area (Å²) in [6.07, 6.45) is 25.9. The first-order valence-corrected chi connectivity index (χ1v) is 20.2. The van der Waals surface area contributed by atoms with E-state index in [1.807, 2.05) is 34.0 Å². The van der Waals surface area contributed by atoms with Crippen LogP contribution in [-0.4, -0.2) is 50.5 Å². The summed E-state index contributed by atoms with van der Waals surface area (Å²) in [6.45, 7) is 2.20. The van der Waals surface area contributed by atoms with Crippen LogP contribution in [-0.2, 0) is 21.5 Å². The number of aromatic nitrogens is 2. The average molecular weight is 701 g/mol. The molecule has 2 aliphatic carbocycles. The molecule has 7 rings (SSSR count). The lowest BCUT2D eigenvalue weighted by Crippen LogP contribution is -2.53. The van der Waals surface area contributed by atoms with Gasteiger partial charge in [-0.25, -0.2) is 4.98 Å². The van der Waals surface area contributed by atoms with Crippen LogP contribution >= 0.6 is 21.6 Å². The van der Waals surface area contributed by atoms with E-state index in [-0.39, 0.29) is 40.7 Å². The molecule has 1 aromatic carbocycles. The summed E-state index contributed by atoms with van der Waals surface area (Å²) in [5.74, 6) is 1.77. The minimum atomic E-state index is -0.360. The van der Waals surface area contributed by atoms with Gasteiger partial charge in [0.2, 0.25) is 0 Å². The van der Waals surface area contributed by atoms with Crippen molar-refractivity contribution in [1.82, 2.24) is 14.9 Å². The summed E-state index contributed by atoms with van der Waals surface area (Å²) in [5.41, 5.74) is 12.1. The van der Waals surface area contributed by atoms with Gasteiger partial charge >= 0.3 is 0 Å². The first-order valence-electron chi connectivity index (χ1n) is 17.8. The van der Waals surface area contributed by atoms with Gasteiger partial charge in [0.1, 0.15) is 5.78 Å². The average Bonchev–Trinajstić information content (AvgIpc) is 3.83. The molecule has 1 aromatic heterocycles. The van der Waals surface area contributed by atoms with E-state index in [9.17, 15) is 14.7 Å². The molecular weight excluding hydrogens is 653 g/mol. The Morgan fingerprint density at radius 2 is 2.00 bits per heavy atom. The number of hydrogen-bond acceptors (Lipinski definition) is 9. The number of Topliss-reactive ketones (excluding diaryl/α,β-unsaturated/α-hetero) is 1. The number of hydrogen-bond donors (Lipinski definition) is 3. The number of carbonyl (C=O) groups excluding carboxylic acids is 2. The molecule has 8 nitrogen and oxygen atoms in total. The van der Waals surface area contributed by atoms with Crippen LogP contribution in [0.1, 0.15) is 88.0 Å². The number of phenolic OH excluding ortho intramolecular Hbond substituents is 1. The number of carbonyl (C=O) groups is 2. The molecule has 49 heavy (non-hydrogen) atoms. The molecule has 2 bridgehead atoms. The highest BCUT2D eigenvalue weighted by atomic mass is 33.1. The molecule has 2 aromatic rings. The van der Waals surface area contributed by atoms with E-state index in [0.717, 1.165) is 47.4 Å². The normalized spacial score (nSPS) is 30.7. The number of rotatable bonds is 3. The molecule has 4 heterocycles. The lowest BCUT2D eigenvalue weighted by molar-refractivity contribution is -0.124. The van der Waals surface area contributed by atoms with Crippen LogP contribution < -0.4 is 15.8 Å². The fourth-order valence-corrected chi connectivity index (χ4v) is 12.8. The van der Waals surface area contributed by atoms with Crippen molar-refractivity contribution in [2.75, 3.05) is 12.9 Å². The molecule has 2 fully saturated rings. The molecule has 0 amide bonds. The van der Waals surface area contributed by atoms with Crippen molar-refractivity contribution >= 4 is 45.3 Å². The van der Waals surface area contributed by atoms with E-state index in [1.54, 1.807) is 18.2 Å². The van der Waals surface area contributed by atoms with E-state index < -0.39 is 0 Å². The lowest BCUT2D eigenvalue weighted by Gasteiger charge is -2.47. The van der Waals surface area contributed by atoms with Crippen LogP contribution in [0.4, 0.5) is 0 Å². The largest absolute Gasteiger partial charge is 0.504 e. The minimum absolute atomic E-state index is 0.0219. The smallest absolute Gasteiger partial charge is 0.163 e. The summed E-state index contributed by atoms with van der Waals surface area (Å²) in [4.78, 5) is 30.5. The zero-order valence-corrected chi connectivity index (χ0v) is 30.2. The van der Waals surface area contributed by atoms with E-state index >= 15 is 0 Å². The van der Waals surface area contributed by atoms with Gasteiger partial charge in [0.15, 0.2) is 17.3 Å². The van der Waals surface area contributed by atoms with Crippen LogP contribution in [0.15, 0.2) is 60.2 Å². The summed E-state index contributed by atoms with van der Waals surface area (Å²) in [7, 11) is 5.36. The number of nitrogens with one attached hydrogen (secondary N) is 1. The Morgan fingerprint density at radius 3 is 2.80 bits per heavy atom. The highest BCUT2D eigenvalue weighted by Crippen LogP contribution is 2.65. The van der Waals surface area contributed by atoms with Gasteiger partial charge in [-0.3, -0.25) is 9.59 Å². The third-order valence-electron chi connectivity index (χ3n) is 11.7. The number of ketones is 2. The summed E-state index contributed by atoms with van der Waals surface area (Å²) >= 11 is 0. The second kappa shape index (κ2) is 14.2. The number of allylic oxidation sites excluding steroid dienone is 4. The van der Waals surface area contributed by atoms with Gasteiger partial charge in [-0.05, 0) is 96.4 Å². The van der Waals surface area contributed by atoms with Crippen molar-refractivity contribution in [1.29, 1.82) is 0 Å². The van der Waals surface area contributed by atoms with Gasteiger partial charge in [0.25, 0.3) is 0 Å². The number of phenols is 1. The Bertz CT molecular complexity index is 1720. The van der Waals surface area contributed by atoms with Crippen molar-refractivity contribution < 1.29 is 19.4 Å². The van der Waals surface area contributed by atoms with Crippen LogP contribution in [0, 0.1) is 17.3 Å². The van der Waals surface area contributed by atoms with Crippen molar-refractivity contribution in [3.63, 3.8) is 0 Å². The van der Waals surface area contributed by atoms with Crippen molar-refractivity contribution in [3.8, 4) is 11.5 Å². The number of dihydropyridines is 1. The number of nitrogens with two attached hydrogens (primary N) is 1. The SMILES string of the molecule is CC[C@H]1CCC(=O)CC(=O)/C=C/c2cc(OC)c(O)cc2CC2=CNC(N)C(=C2)[C@H]([C@]23CC4(CCCC4)C[C@@H]2C=Cc2cncn23)SSC1. The Labute approximate surface area is 297 Å². The van der Waals surface area contributed by atoms with E-state index in [0.29, 0.717) is 35.8 Å². The molecule has 1 spiro atoms. The van der Waals surface area contributed by atoms with Gasteiger partial charge in [-0.15, -0.1) is 0 Å². The molecule has 3 aliphatic heterocycles. The molecule has 1 unspecified atom stereocenters. The molecule has 0 radical (unpaired) electrons. The van der Waals surface area contributed by atoms with Crippen LogP contribution in [0.5, 0.6) is 11.5 Å². The maximum absolute atomic E-state index is 12.9. The molecule has 2 saturated carbocycles. The third kappa shape index (κ3) is 6.68. The first-order chi connectivity index (χ1) is 23.7. The van der Waals surface area contributed by atoms with Gasteiger partial charge < -0.3 is 25.5 Å². The number of aromatic hydroxyl groups is 1. The molecule has 0 saturated heterocycles. The van der Waals surface area contributed by atoms with Crippen LogP contribution in [0.2, 0.25) is 0 Å². The summed E-state index contributed by atoms with van der Waals surface area (Å²) in [5, 5.41) is 14.4. The minimum Gasteiger partial charge on any atom is -0.504 e. The summed E-state index contributed by atoms with van der Waals surface area (Å²) < 4.78 is 7.91. The Morgan fingerprint density at radius 1 is 1.16 bits per heavy atom. The second-order valence-corrected chi connectivity index (χ2v) is 17.2. The van der Waals surface area contributed by atoms with Crippen molar-refractivity contribution in [2.45, 2.75) is 94.5 Å². The van der Waals surface area contributed by atoms with Crippen LogP contribution in [0.25, 0.3) is 12.2 Å². The topological polar surface area (TPSA) is 119 Å². The predicted molar refractivity (Wildman–Crippen MR) is 199 cm³/mol. The second-order valence-electron chi connectivity index (χ2n) is 14.7. The number of fused-ring (bicyclic) bond motifs is 5. The van der Waals surface area contributed by atoms with Gasteiger partial charge in [0, 0.05) is 24.3 Å². The Hall–Kier alpha value is -3.21. The fraction of sp³-hybridized carbons (Fsp3) is 0.513. The molecule has 5 atom stereocenters. The monoisotopic (exact) mass is 700 g/mol. The quantitative estimate of drug-likeness (QED) is 0.223. The third-order valence-corrected chi connectivity index (χ3v) is 14.7. The molecule has 10 heteroatoms. The van der Waals surface area contributed by atoms with Crippen molar-refractivity contribution in [2.24, 2.45) is 23.0 Å². The number of benzene rings is 1. The first kappa shape index (κ1) is 34.2. The molecule has 260 valence electrons. The molecule has 4 N–H and O–H groups in total. The fourth-order valence-electron chi connectivity index (χ4n) is 9.08. The maximum Gasteiger partial charge on any atom is 0.163 e. The lowest BCUT2D eigenvalue weighted by atomic mass is 9.75. The standard InChI is InChI=1S/C39H48N4O4S2/c1-3-25-6-10-31(44)18-32(45)11-7-27-17-35(47-2)34(46)16-28(27)14-26-15-33(37(40)42-20-26)36(49-48-22-25)39-23-38(12-4-5-13-38)19-29(39)8-9-30-21-41-24-43(30)39/h7-9,11,15-17,20-21,24-25,29,36-37,42,46H,3-6,10,12-14,18-19,22-23,40H2,1-2H3/b11-7+/t25-,29-,36+,37?,39-/m0/s1. The number of ether oxygens (including phenoxy) is 1. The van der Waals surface area contributed by atoms with Gasteiger partial charge in [-0.2, -0.15) is 0 Å². The van der Waals surface area contributed by atoms with E-state index in [4.69, 9.17) is 10.5 Å². The van der Waals surface area contributed by atoms with E-state index in [2.05, 4.69) is 46.3 Å². The highest BCUT2D eigenvalue weighted by Gasteiger charge is 2.61. The van der Waals surface area contributed by atoms with Gasteiger partial charge in [0.05, 0.1) is 48.7 Å². The summed E-state index contributed by atoms with van der Waals surface area (Å²) in [6, 6.07) is 3.46. The van der Waals surface area contributed by atoms with Crippen LogP contribution in [0.3, 0.4) is 0 Å². The zero-order chi connectivity index (χ0) is 34.2. The molecule has 5 aliphatic rings. The maximum atomic E-state index is 12.9. The number of methoxy groups -OCH3 is 1. The Kier molecular flexibility index (Phi) is 9.92. The number of nitrogens with zero attached hydrogens (tertiary/aromatic N) is 2. The highest BCUT2D eigenvalue weighted by molar-refractivity contribution is 8.77. The van der Waals surface area contributed by atoms with E-state index in [1.165, 1.54) is 50.9 Å². The predicted octanol–water partition coefficient (Wildman–Crippen LogP) is 7.34. The van der Waals surface area contributed by atoms with Gasteiger partial charge in [-0.1, -0.05) is 66.0 Å².